The quantitative estimate of drug-likeness (QED) is 0.0826. The molecule has 2 aliphatic heterocycles. The van der Waals surface area contributed by atoms with Crippen LogP contribution in [0, 0.1) is 0 Å². The average Bonchev–Trinajstić information content (AvgIpc) is 3.72. The van der Waals surface area contributed by atoms with Gasteiger partial charge in [0, 0.05) is 4.57 Å². The Morgan fingerprint density at radius 2 is 1.73 bits per heavy atom. The highest BCUT2D eigenvalue weighted by atomic mass is 31.2. The number of nitrogens with two attached hydrogens (primary N) is 1. The van der Waals surface area contributed by atoms with Gasteiger partial charge in [-0.2, -0.15) is 0 Å². The molecule has 4 aromatic rings. The van der Waals surface area contributed by atoms with Crippen LogP contribution in [-0.2, 0) is 27.7 Å². The van der Waals surface area contributed by atoms with Crippen molar-refractivity contribution in [1.29, 1.82) is 0 Å². The molecular weight excluding hydrogens is 636 g/mol. The number of aliphatic hydroxyl groups excluding tert-OH is 3. The Morgan fingerprint density at radius 3 is 2.45 bits per heavy atom. The number of nitrogens with zero attached hydrogens (tertiary/aromatic N) is 6. The maximum absolute atomic E-state index is 13.7. The molecule has 0 bridgehead atoms. The lowest BCUT2D eigenvalue weighted by Crippen LogP contribution is -2.37. The summed E-state index contributed by atoms with van der Waals surface area (Å²) in [5.41, 5.74) is 2.05. The lowest BCUT2D eigenvalue weighted by molar-refractivity contribution is -0.0491. The van der Waals surface area contributed by atoms with Gasteiger partial charge >= 0.3 is 21.5 Å². The van der Waals surface area contributed by atoms with Crippen molar-refractivity contribution in [2.24, 2.45) is 0 Å². The smallest absolute Gasteiger partial charge is 0.394 e. The molecule has 0 radical (unpaired) electrons. The van der Waals surface area contributed by atoms with E-state index in [2.05, 4.69) is 24.9 Å². The number of nitrogen functional groups attached to an aromatic ring is 1. The monoisotopic (exact) mass is 660 g/mol. The number of fused-ring (bicyclic) bond motifs is 2. The van der Waals surface area contributed by atoms with Crippen molar-refractivity contribution in [3.8, 4) is 0 Å². The summed E-state index contributed by atoms with van der Waals surface area (Å²) in [6.07, 6.45) is -7.45. The summed E-state index contributed by atoms with van der Waals surface area (Å²) in [4.78, 5) is 64.7. The van der Waals surface area contributed by atoms with Crippen LogP contribution in [0.4, 0.5) is 5.82 Å². The van der Waals surface area contributed by atoms with Crippen LogP contribution in [-0.4, -0.2) is 114 Å². The summed E-state index contributed by atoms with van der Waals surface area (Å²) in [6.45, 7) is -1.62. The summed E-state index contributed by atoms with van der Waals surface area (Å²) in [5, 5.41) is 31.6. The van der Waals surface area contributed by atoms with Crippen molar-refractivity contribution in [2.45, 2.75) is 48.6 Å². The number of H-pyrrole nitrogens is 2. The third-order valence-corrected chi connectivity index (χ3v) is 9.50. The zero-order valence-electron chi connectivity index (χ0n) is 21.9. The largest absolute Gasteiger partial charge is 0.695 e. The van der Waals surface area contributed by atoms with Gasteiger partial charge in [-0.3, -0.25) is 28.5 Å². The fourth-order valence-electron chi connectivity index (χ4n) is 5.25. The van der Waals surface area contributed by atoms with Crippen molar-refractivity contribution >= 4 is 44.0 Å². The molecule has 0 aliphatic carbocycles. The second kappa shape index (κ2) is 11.4. The minimum Gasteiger partial charge on any atom is -0.394 e. The number of aromatic amines is 2. The van der Waals surface area contributed by atoms with E-state index in [-0.39, 0.29) is 28.1 Å². The Kier molecular flexibility index (Phi) is 7.93. The topological polar surface area (TPSA) is 325 Å². The van der Waals surface area contributed by atoms with Gasteiger partial charge in [-0.05, 0) is 0 Å². The zero-order valence-corrected chi connectivity index (χ0v) is 23.7. The van der Waals surface area contributed by atoms with Crippen molar-refractivity contribution in [3.63, 3.8) is 0 Å². The van der Waals surface area contributed by atoms with Gasteiger partial charge in [-0.25, -0.2) is 24.7 Å². The van der Waals surface area contributed by atoms with E-state index in [1.54, 1.807) is 0 Å². The lowest BCUT2D eigenvalue weighted by atomic mass is 10.1. The first-order valence-corrected chi connectivity index (χ1v) is 15.4. The molecule has 0 spiro atoms. The minimum absolute atomic E-state index is 0.0287. The molecule has 2 unspecified atom stereocenters. The van der Waals surface area contributed by atoms with Crippen molar-refractivity contribution in [2.75, 3.05) is 18.9 Å². The Morgan fingerprint density at radius 1 is 1.02 bits per heavy atom. The molecule has 9 N–H and O–H groups in total. The van der Waals surface area contributed by atoms with Crippen LogP contribution in [0.5, 0.6) is 0 Å². The molecule has 6 heterocycles. The summed E-state index contributed by atoms with van der Waals surface area (Å²) >= 11 is 0. The molecule has 24 heteroatoms. The number of hydrogen-bond acceptors (Lipinski definition) is 16. The molecule has 4 aromatic heterocycles. The standard InChI is InChI=1S/C20H23N9O13P2/c21-14-8-15(23-3-22-14)28(4-24-8)18-11(32)12(42-43(35)36)7(41-18)2-39-44(37,38)13-10(31)6(1-30)40-19(13)29-5-25-9-16(29)26-20(34)27-17(9)33/h3-7,10-13,18-19,30-32H,1-2H2,(H5-,21,22,23,26,27,33,34,35,36,37,38)/p+1/t6-,7-,10-,11-,12-,13-,18-,19-/m1/s1. The lowest BCUT2D eigenvalue weighted by Gasteiger charge is -2.27. The molecule has 22 nitrogen and oxygen atoms in total. The molecule has 0 saturated carbocycles. The van der Waals surface area contributed by atoms with Gasteiger partial charge in [0.15, 0.2) is 35.5 Å². The van der Waals surface area contributed by atoms with Crippen LogP contribution in [0.1, 0.15) is 12.5 Å². The number of anilines is 1. The summed E-state index contributed by atoms with van der Waals surface area (Å²) in [6, 6.07) is 0. The summed E-state index contributed by atoms with van der Waals surface area (Å²) in [5.74, 6) is 0.0287. The van der Waals surface area contributed by atoms with Gasteiger partial charge in [0.2, 0.25) is 0 Å². The SMILES string of the molecule is Nc1ncnc2c1ncn2[C@@H]1O[C@H](COP(=O)(O)[C@@H]2[C@H](O)[C@@H](CO)O[C@H]2n2cnc3c(=O)[nH]c(=O)[nH]c32)[C@@H](O[P+](=O)O)[C@H]1O. The first-order valence-electron chi connectivity index (χ1n) is 12.6. The molecule has 2 saturated heterocycles. The number of aromatic nitrogens is 8. The van der Waals surface area contributed by atoms with Crippen LogP contribution < -0.4 is 17.0 Å². The van der Waals surface area contributed by atoms with E-state index in [9.17, 15) is 43.8 Å². The highest BCUT2D eigenvalue weighted by molar-refractivity contribution is 7.53. The average molecular weight is 660 g/mol. The Bertz CT molecular complexity index is 1890. The number of imidazole rings is 2. The van der Waals surface area contributed by atoms with Gasteiger partial charge in [0.1, 0.15) is 47.6 Å². The Labute approximate surface area is 243 Å². The van der Waals surface area contributed by atoms with Crippen molar-refractivity contribution in [3.05, 3.63) is 39.8 Å². The van der Waals surface area contributed by atoms with E-state index < -0.39 is 88.9 Å². The predicted molar refractivity (Wildman–Crippen MR) is 142 cm³/mol. The first-order chi connectivity index (χ1) is 20.9. The summed E-state index contributed by atoms with van der Waals surface area (Å²) in [7, 11) is -8.33. The number of ether oxygens (including phenoxy) is 2. The van der Waals surface area contributed by atoms with E-state index in [1.807, 2.05) is 4.98 Å². The molecule has 10 atom stereocenters. The fourth-order valence-corrected chi connectivity index (χ4v) is 7.37. The molecule has 0 amide bonds. The normalized spacial score (nSPS) is 30.7. The van der Waals surface area contributed by atoms with E-state index in [0.717, 1.165) is 17.2 Å². The van der Waals surface area contributed by atoms with Crippen molar-refractivity contribution in [1.82, 2.24) is 39.0 Å². The van der Waals surface area contributed by atoms with Gasteiger partial charge in [0.05, 0.1) is 25.9 Å². The Hall–Kier alpha value is -3.53. The minimum atomic E-state index is -5.03. The number of aliphatic hydroxyl groups is 3. The second-order valence-corrected chi connectivity index (χ2v) is 12.5. The van der Waals surface area contributed by atoms with Gasteiger partial charge < -0.3 is 39.9 Å². The van der Waals surface area contributed by atoms with Crippen LogP contribution >= 0.6 is 15.9 Å². The van der Waals surface area contributed by atoms with Gasteiger partial charge in [-0.15, -0.1) is 9.42 Å². The highest BCUT2D eigenvalue weighted by Crippen LogP contribution is 2.57. The third kappa shape index (κ3) is 5.14. The molecule has 236 valence electrons. The Balaban J connectivity index is 1.29. The third-order valence-electron chi connectivity index (χ3n) is 7.24. The molecule has 44 heavy (non-hydrogen) atoms. The number of nitrogens with one attached hydrogen (secondary N) is 2. The van der Waals surface area contributed by atoms with Crippen LogP contribution in [0.25, 0.3) is 22.3 Å². The van der Waals surface area contributed by atoms with Crippen molar-refractivity contribution < 1.29 is 52.8 Å². The molecule has 2 aliphatic rings. The molecular formula is C20H24N9O13P2+. The maximum atomic E-state index is 13.7. The zero-order chi connectivity index (χ0) is 31.5. The van der Waals surface area contributed by atoms with E-state index in [1.165, 1.54) is 10.9 Å². The van der Waals surface area contributed by atoms with Gasteiger partial charge in [0.25, 0.3) is 5.56 Å². The van der Waals surface area contributed by atoms with Crippen LogP contribution in [0.2, 0.25) is 0 Å². The molecule has 6 rings (SSSR count). The van der Waals surface area contributed by atoms with Gasteiger partial charge in [-0.1, -0.05) is 0 Å². The first kappa shape index (κ1) is 30.5. The van der Waals surface area contributed by atoms with Crippen LogP contribution in [0.3, 0.4) is 0 Å². The highest BCUT2D eigenvalue weighted by Gasteiger charge is 2.56. The number of hydrogen-bond donors (Lipinski definition) is 8. The second-order valence-electron chi connectivity index (χ2n) is 9.79. The fraction of sp³-hybridized carbons (Fsp3) is 0.500. The van der Waals surface area contributed by atoms with E-state index in [4.69, 9.17) is 24.3 Å². The van der Waals surface area contributed by atoms with E-state index >= 15 is 0 Å². The summed E-state index contributed by atoms with van der Waals surface area (Å²) < 4.78 is 49.2. The predicted octanol–water partition coefficient (Wildman–Crippen LogP) is -3.05. The van der Waals surface area contributed by atoms with E-state index in [0.29, 0.717) is 0 Å². The number of rotatable bonds is 9. The molecule has 0 aromatic carbocycles. The molecule has 2 fully saturated rings. The maximum Gasteiger partial charge on any atom is 0.695 e. The van der Waals surface area contributed by atoms with Crippen LogP contribution in [0.15, 0.2) is 28.6 Å².